The molecule has 2 aliphatic rings. The lowest BCUT2D eigenvalue weighted by atomic mass is 9.88. The number of benzene rings is 2. The number of piperidine rings is 1. The Balaban J connectivity index is 1.18. The third-order valence-electron chi connectivity index (χ3n) is 7.75. The molecule has 174 valence electrons. The van der Waals surface area contributed by atoms with Crippen LogP contribution in [0.5, 0.6) is 0 Å². The number of aromatic nitrogens is 2. The van der Waals surface area contributed by atoms with E-state index in [1.807, 2.05) is 18.2 Å². The number of Topliss-reactive ketones (excluding diaryl/α,β-unsaturated/α-hetero) is 1. The molecule has 1 saturated heterocycles. The van der Waals surface area contributed by atoms with Gasteiger partial charge in [-0.25, -0.2) is 4.98 Å². The first-order valence-electron chi connectivity index (χ1n) is 12.4. The van der Waals surface area contributed by atoms with Gasteiger partial charge >= 0.3 is 0 Å². The van der Waals surface area contributed by atoms with Crippen molar-refractivity contribution in [2.24, 2.45) is 5.92 Å². The summed E-state index contributed by atoms with van der Waals surface area (Å²) in [6.45, 7) is 1.70. The Hall–Kier alpha value is -2.99. The van der Waals surface area contributed by atoms with Gasteiger partial charge in [-0.15, -0.1) is 11.3 Å². The predicted octanol–water partition coefficient (Wildman–Crippen LogP) is 6.10. The van der Waals surface area contributed by atoms with E-state index in [0.717, 1.165) is 65.6 Å². The standard InChI is InChI=1S/C28H29N3O2S/c32-26(21-6-3-7-25-27(21)34-17-30-25)15-18-8-9-24-22(14-18)23(16-29-24)19-10-12-31(13-11-19)28(33)20-4-1-2-5-20/h3,6-9,14,16-17,19-20,29H,1-2,4-5,10-13,15H2. The lowest BCUT2D eigenvalue weighted by Gasteiger charge is -2.33. The number of nitrogens with one attached hydrogen (secondary N) is 1. The van der Waals surface area contributed by atoms with Crippen molar-refractivity contribution < 1.29 is 9.59 Å². The van der Waals surface area contributed by atoms with E-state index in [1.54, 1.807) is 5.51 Å². The van der Waals surface area contributed by atoms with Crippen LogP contribution in [0.2, 0.25) is 0 Å². The van der Waals surface area contributed by atoms with Gasteiger partial charge in [0.25, 0.3) is 0 Å². The number of aromatic amines is 1. The molecule has 2 aromatic heterocycles. The zero-order valence-electron chi connectivity index (χ0n) is 19.3. The van der Waals surface area contributed by atoms with E-state index < -0.39 is 0 Å². The van der Waals surface area contributed by atoms with Crippen molar-refractivity contribution >= 4 is 44.1 Å². The molecule has 6 heteroatoms. The molecule has 1 N–H and O–H groups in total. The summed E-state index contributed by atoms with van der Waals surface area (Å²) in [7, 11) is 0. The lowest BCUT2D eigenvalue weighted by molar-refractivity contribution is -0.136. The summed E-state index contributed by atoms with van der Waals surface area (Å²) < 4.78 is 0.967. The fourth-order valence-corrected chi connectivity index (χ4v) is 6.69. The first-order chi connectivity index (χ1) is 16.7. The lowest BCUT2D eigenvalue weighted by Crippen LogP contribution is -2.40. The monoisotopic (exact) mass is 471 g/mol. The van der Waals surface area contributed by atoms with Crippen LogP contribution in [0.15, 0.2) is 48.1 Å². The maximum Gasteiger partial charge on any atom is 0.225 e. The van der Waals surface area contributed by atoms with Gasteiger partial charge in [0.2, 0.25) is 5.91 Å². The molecule has 5 nitrogen and oxygen atoms in total. The molecule has 3 heterocycles. The van der Waals surface area contributed by atoms with Crippen LogP contribution in [0.4, 0.5) is 0 Å². The molecule has 6 rings (SSSR count). The number of ketones is 1. The summed E-state index contributed by atoms with van der Waals surface area (Å²) in [5.41, 5.74) is 6.91. The van der Waals surface area contributed by atoms with E-state index >= 15 is 0 Å². The Morgan fingerprint density at radius 1 is 1.06 bits per heavy atom. The maximum absolute atomic E-state index is 13.1. The molecule has 1 aliphatic carbocycles. The number of nitrogens with zero attached hydrogens (tertiary/aromatic N) is 2. The molecule has 2 aromatic carbocycles. The highest BCUT2D eigenvalue weighted by Gasteiger charge is 2.31. The highest BCUT2D eigenvalue weighted by atomic mass is 32.1. The second-order valence-electron chi connectivity index (χ2n) is 9.81. The largest absolute Gasteiger partial charge is 0.361 e. The highest BCUT2D eigenvalue weighted by Crippen LogP contribution is 2.35. The van der Waals surface area contributed by atoms with E-state index in [1.165, 1.54) is 35.1 Å². The van der Waals surface area contributed by atoms with Gasteiger partial charge in [-0.1, -0.05) is 25.0 Å². The smallest absolute Gasteiger partial charge is 0.225 e. The van der Waals surface area contributed by atoms with Crippen LogP contribution in [-0.4, -0.2) is 39.6 Å². The summed E-state index contributed by atoms with van der Waals surface area (Å²) in [4.78, 5) is 35.8. The summed E-state index contributed by atoms with van der Waals surface area (Å²) in [5.74, 6) is 1.22. The Morgan fingerprint density at radius 2 is 1.88 bits per heavy atom. The van der Waals surface area contributed by atoms with Crippen molar-refractivity contribution in [1.82, 2.24) is 14.9 Å². The Morgan fingerprint density at radius 3 is 2.71 bits per heavy atom. The second-order valence-corrected chi connectivity index (χ2v) is 10.7. The quantitative estimate of drug-likeness (QED) is 0.358. The van der Waals surface area contributed by atoms with Crippen LogP contribution in [-0.2, 0) is 11.2 Å². The number of H-pyrrole nitrogens is 1. The molecule has 0 spiro atoms. The van der Waals surface area contributed by atoms with Gasteiger partial charge in [-0.05, 0) is 67.0 Å². The number of hydrogen-bond acceptors (Lipinski definition) is 4. The number of thiazole rings is 1. The Kier molecular flexibility index (Phi) is 5.69. The maximum atomic E-state index is 13.1. The summed E-state index contributed by atoms with van der Waals surface area (Å²) in [6, 6.07) is 12.1. The molecule has 0 atom stereocenters. The Labute approximate surface area is 203 Å². The molecular formula is C28H29N3O2S. The van der Waals surface area contributed by atoms with E-state index in [4.69, 9.17) is 0 Å². The average Bonchev–Trinajstić information content (AvgIpc) is 3.64. The zero-order valence-corrected chi connectivity index (χ0v) is 20.1. The number of amides is 1. The van der Waals surface area contributed by atoms with Crippen molar-refractivity contribution in [2.75, 3.05) is 13.1 Å². The minimum atomic E-state index is 0.130. The number of hydrogen-bond donors (Lipinski definition) is 1. The Bertz CT molecular complexity index is 1360. The molecule has 2 fully saturated rings. The number of carbonyl (C=O) groups excluding carboxylic acids is 2. The van der Waals surface area contributed by atoms with Crippen molar-refractivity contribution in [1.29, 1.82) is 0 Å². The number of likely N-dealkylation sites (tertiary alicyclic amines) is 1. The summed E-state index contributed by atoms with van der Waals surface area (Å²) in [5, 5.41) is 1.21. The van der Waals surface area contributed by atoms with Gasteiger partial charge < -0.3 is 9.88 Å². The van der Waals surface area contributed by atoms with E-state index in [-0.39, 0.29) is 11.7 Å². The fourth-order valence-electron chi connectivity index (χ4n) is 5.87. The van der Waals surface area contributed by atoms with Crippen molar-refractivity contribution in [2.45, 2.75) is 50.9 Å². The summed E-state index contributed by atoms with van der Waals surface area (Å²) in [6.07, 6.45) is 9.06. The van der Waals surface area contributed by atoms with Crippen LogP contribution in [0.25, 0.3) is 21.1 Å². The predicted molar refractivity (Wildman–Crippen MR) is 136 cm³/mol. The third kappa shape index (κ3) is 3.94. The summed E-state index contributed by atoms with van der Waals surface area (Å²) >= 11 is 1.52. The van der Waals surface area contributed by atoms with Gasteiger partial charge in [0.05, 0.1) is 15.7 Å². The molecule has 0 radical (unpaired) electrons. The topological polar surface area (TPSA) is 66.1 Å². The normalized spacial score (nSPS) is 17.7. The highest BCUT2D eigenvalue weighted by molar-refractivity contribution is 7.17. The number of rotatable bonds is 5. The van der Waals surface area contributed by atoms with Crippen LogP contribution in [0.1, 0.15) is 65.9 Å². The molecule has 1 aliphatic heterocycles. The van der Waals surface area contributed by atoms with Crippen molar-refractivity contribution in [3.8, 4) is 0 Å². The van der Waals surface area contributed by atoms with Gasteiger partial charge in [0.15, 0.2) is 5.78 Å². The second kappa shape index (κ2) is 8.99. The first-order valence-corrected chi connectivity index (χ1v) is 13.3. The molecule has 0 unspecified atom stereocenters. The van der Waals surface area contributed by atoms with Gasteiger partial charge in [0, 0.05) is 48.1 Å². The van der Waals surface area contributed by atoms with Crippen LogP contribution in [0, 0.1) is 5.92 Å². The van der Waals surface area contributed by atoms with E-state index in [9.17, 15) is 9.59 Å². The van der Waals surface area contributed by atoms with Gasteiger partial charge in [-0.3, -0.25) is 9.59 Å². The molecular weight excluding hydrogens is 442 g/mol. The molecule has 34 heavy (non-hydrogen) atoms. The third-order valence-corrected chi connectivity index (χ3v) is 8.63. The van der Waals surface area contributed by atoms with E-state index in [2.05, 4.69) is 39.3 Å². The average molecular weight is 472 g/mol. The minimum Gasteiger partial charge on any atom is -0.361 e. The van der Waals surface area contributed by atoms with Crippen LogP contribution >= 0.6 is 11.3 Å². The van der Waals surface area contributed by atoms with Gasteiger partial charge in [0.1, 0.15) is 0 Å². The molecule has 4 aromatic rings. The fraction of sp³-hybridized carbons (Fsp3) is 0.393. The zero-order chi connectivity index (χ0) is 23.1. The van der Waals surface area contributed by atoms with Crippen molar-refractivity contribution in [3.63, 3.8) is 0 Å². The minimum absolute atomic E-state index is 0.130. The number of fused-ring (bicyclic) bond motifs is 2. The number of carbonyl (C=O) groups is 2. The van der Waals surface area contributed by atoms with E-state index in [0.29, 0.717) is 18.2 Å². The molecule has 1 amide bonds. The van der Waals surface area contributed by atoms with Crippen LogP contribution in [0.3, 0.4) is 0 Å². The van der Waals surface area contributed by atoms with Crippen molar-refractivity contribution in [3.05, 3.63) is 64.8 Å². The molecule has 0 bridgehead atoms. The van der Waals surface area contributed by atoms with Gasteiger partial charge in [-0.2, -0.15) is 0 Å². The van der Waals surface area contributed by atoms with Crippen LogP contribution < -0.4 is 0 Å². The SMILES string of the molecule is O=C(Cc1ccc2[nH]cc(C3CCN(C(=O)C4CCCC4)CC3)c2c1)c1cccc2ncsc12. The first kappa shape index (κ1) is 21.5. The molecule has 1 saturated carbocycles.